The summed E-state index contributed by atoms with van der Waals surface area (Å²) in [6.07, 6.45) is 4.21. The van der Waals surface area contributed by atoms with Crippen LogP contribution >= 0.6 is 11.6 Å². The van der Waals surface area contributed by atoms with Crippen molar-refractivity contribution < 1.29 is 4.79 Å². The molecule has 0 bridgehead atoms. The fourth-order valence-corrected chi connectivity index (χ4v) is 1.66. The van der Waals surface area contributed by atoms with Gasteiger partial charge in [0.05, 0.1) is 5.56 Å². The van der Waals surface area contributed by atoms with Crippen LogP contribution in [0.1, 0.15) is 15.9 Å². The van der Waals surface area contributed by atoms with E-state index in [1.807, 2.05) is 24.3 Å². The Labute approximate surface area is 105 Å². The number of aromatic amines is 1. The Kier molecular flexibility index (Phi) is 3.83. The topological polar surface area (TPSA) is 44.9 Å². The SMILES string of the molecule is O=C(NCCc1ccc(Cl)cc1)c1cc[nH]c1. The van der Waals surface area contributed by atoms with E-state index < -0.39 is 0 Å². The van der Waals surface area contributed by atoms with Crippen LogP contribution in [0.25, 0.3) is 0 Å². The molecule has 0 aliphatic carbocycles. The molecule has 2 aromatic rings. The number of halogens is 1. The van der Waals surface area contributed by atoms with Crippen LogP contribution in [-0.2, 0) is 6.42 Å². The van der Waals surface area contributed by atoms with Crippen LogP contribution in [0.15, 0.2) is 42.7 Å². The molecule has 0 saturated heterocycles. The zero-order valence-electron chi connectivity index (χ0n) is 9.24. The van der Waals surface area contributed by atoms with Gasteiger partial charge in [0.25, 0.3) is 5.91 Å². The average Bonchev–Trinajstić information content (AvgIpc) is 2.85. The molecule has 2 N–H and O–H groups in total. The van der Waals surface area contributed by atoms with Crippen molar-refractivity contribution in [3.63, 3.8) is 0 Å². The molecule has 0 fully saturated rings. The number of carbonyl (C=O) groups is 1. The van der Waals surface area contributed by atoms with Gasteiger partial charge in [0.2, 0.25) is 0 Å². The summed E-state index contributed by atoms with van der Waals surface area (Å²) in [5, 5.41) is 3.58. The van der Waals surface area contributed by atoms with E-state index in [2.05, 4.69) is 10.3 Å². The third-order valence-electron chi connectivity index (χ3n) is 2.47. The zero-order chi connectivity index (χ0) is 12.1. The van der Waals surface area contributed by atoms with Crippen LogP contribution in [0, 0.1) is 0 Å². The molecule has 0 atom stereocenters. The van der Waals surface area contributed by atoms with Crippen molar-refractivity contribution in [2.45, 2.75) is 6.42 Å². The van der Waals surface area contributed by atoms with Crippen LogP contribution in [0.4, 0.5) is 0 Å². The average molecular weight is 249 g/mol. The predicted molar refractivity (Wildman–Crippen MR) is 68.3 cm³/mol. The number of aromatic nitrogens is 1. The summed E-state index contributed by atoms with van der Waals surface area (Å²) in [6, 6.07) is 9.38. The maximum atomic E-state index is 11.6. The lowest BCUT2D eigenvalue weighted by atomic mass is 10.1. The van der Waals surface area contributed by atoms with Gasteiger partial charge in [-0.2, -0.15) is 0 Å². The lowest BCUT2D eigenvalue weighted by Crippen LogP contribution is -2.25. The molecule has 3 nitrogen and oxygen atoms in total. The van der Waals surface area contributed by atoms with Crippen LogP contribution in [-0.4, -0.2) is 17.4 Å². The summed E-state index contributed by atoms with van der Waals surface area (Å²) in [6.45, 7) is 0.617. The Bertz CT molecular complexity index is 477. The third kappa shape index (κ3) is 3.36. The maximum Gasteiger partial charge on any atom is 0.252 e. The lowest BCUT2D eigenvalue weighted by molar-refractivity contribution is 0.0954. The Morgan fingerprint density at radius 2 is 2.00 bits per heavy atom. The van der Waals surface area contributed by atoms with Crippen molar-refractivity contribution in [1.82, 2.24) is 10.3 Å². The van der Waals surface area contributed by atoms with Crippen molar-refractivity contribution in [3.05, 3.63) is 58.9 Å². The van der Waals surface area contributed by atoms with E-state index in [0.717, 1.165) is 17.0 Å². The summed E-state index contributed by atoms with van der Waals surface area (Å²) >= 11 is 5.79. The van der Waals surface area contributed by atoms with Gasteiger partial charge in [-0.25, -0.2) is 0 Å². The largest absolute Gasteiger partial charge is 0.367 e. The molecule has 2 rings (SSSR count). The normalized spacial score (nSPS) is 10.2. The Morgan fingerprint density at radius 3 is 2.65 bits per heavy atom. The molecule has 4 heteroatoms. The lowest BCUT2D eigenvalue weighted by Gasteiger charge is -2.04. The van der Waals surface area contributed by atoms with Crippen LogP contribution in [0.3, 0.4) is 0 Å². The Hall–Kier alpha value is -1.74. The number of rotatable bonds is 4. The highest BCUT2D eigenvalue weighted by Gasteiger charge is 2.04. The molecule has 1 aromatic carbocycles. The minimum absolute atomic E-state index is 0.0554. The molecular formula is C13H13ClN2O. The van der Waals surface area contributed by atoms with Gasteiger partial charge >= 0.3 is 0 Å². The smallest absolute Gasteiger partial charge is 0.252 e. The first-order chi connectivity index (χ1) is 8.25. The number of nitrogens with one attached hydrogen (secondary N) is 2. The molecule has 17 heavy (non-hydrogen) atoms. The molecule has 1 amide bonds. The summed E-state index contributed by atoms with van der Waals surface area (Å²) in [5.41, 5.74) is 1.81. The number of H-pyrrole nitrogens is 1. The molecule has 0 aliphatic rings. The summed E-state index contributed by atoms with van der Waals surface area (Å²) < 4.78 is 0. The van der Waals surface area contributed by atoms with Crippen molar-refractivity contribution in [3.8, 4) is 0 Å². The number of benzene rings is 1. The van der Waals surface area contributed by atoms with E-state index in [1.54, 1.807) is 18.5 Å². The van der Waals surface area contributed by atoms with Crippen molar-refractivity contribution >= 4 is 17.5 Å². The van der Waals surface area contributed by atoms with Gasteiger partial charge in [-0.3, -0.25) is 4.79 Å². The third-order valence-corrected chi connectivity index (χ3v) is 2.72. The second kappa shape index (κ2) is 5.55. The highest BCUT2D eigenvalue weighted by Crippen LogP contribution is 2.09. The quantitative estimate of drug-likeness (QED) is 0.859. The number of carbonyl (C=O) groups excluding carboxylic acids is 1. The molecule has 0 saturated carbocycles. The van der Waals surface area contributed by atoms with Gasteiger partial charge in [-0.1, -0.05) is 23.7 Å². The molecule has 0 unspecified atom stereocenters. The first-order valence-electron chi connectivity index (χ1n) is 5.41. The molecule has 0 spiro atoms. The monoisotopic (exact) mass is 248 g/mol. The van der Waals surface area contributed by atoms with Crippen molar-refractivity contribution in [1.29, 1.82) is 0 Å². The van der Waals surface area contributed by atoms with Crippen molar-refractivity contribution in [2.24, 2.45) is 0 Å². The minimum Gasteiger partial charge on any atom is -0.367 e. The van der Waals surface area contributed by atoms with Gasteiger partial charge < -0.3 is 10.3 Å². The summed E-state index contributed by atoms with van der Waals surface area (Å²) in [5.74, 6) is -0.0554. The van der Waals surface area contributed by atoms with E-state index in [9.17, 15) is 4.79 Å². The van der Waals surface area contributed by atoms with E-state index in [4.69, 9.17) is 11.6 Å². The molecule has 1 heterocycles. The molecule has 0 aliphatic heterocycles. The minimum atomic E-state index is -0.0554. The second-order valence-corrected chi connectivity index (χ2v) is 4.17. The summed E-state index contributed by atoms with van der Waals surface area (Å²) in [4.78, 5) is 14.4. The standard InChI is InChI=1S/C13H13ClN2O/c14-12-3-1-10(2-4-12)5-8-16-13(17)11-6-7-15-9-11/h1-4,6-7,9,15H,5,8H2,(H,16,17). The fourth-order valence-electron chi connectivity index (χ4n) is 1.54. The van der Waals surface area contributed by atoms with E-state index in [-0.39, 0.29) is 5.91 Å². The highest BCUT2D eigenvalue weighted by atomic mass is 35.5. The van der Waals surface area contributed by atoms with Gasteiger partial charge in [0.15, 0.2) is 0 Å². The van der Waals surface area contributed by atoms with Gasteiger partial charge in [0, 0.05) is 24.0 Å². The summed E-state index contributed by atoms with van der Waals surface area (Å²) in [7, 11) is 0. The first kappa shape index (κ1) is 11.7. The number of hydrogen-bond acceptors (Lipinski definition) is 1. The number of hydrogen-bond donors (Lipinski definition) is 2. The first-order valence-corrected chi connectivity index (χ1v) is 5.79. The highest BCUT2D eigenvalue weighted by molar-refractivity contribution is 6.30. The predicted octanol–water partition coefficient (Wildman–Crippen LogP) is 2.64. The zero-order valence-corrected chi connectivity index (χ0v) is 10.00. The Morgan fingerprint density at radius 1 is 1.24 bits per heavy atom. The number of amides is 1. The molecule has 0 radical (unpaired) electrons. The maximum absolute atomic E-state index is 11.6. The van der Waals surface area contributed by atoms with Crippen molar-refractivity contribution in [2.75, 3.05) is 6.54 Å². The van der Waals surface area contributed by atoms with E-state index in [1.165, 1.54) is 0 Å². The van der Waals surface area contributed by atoms with E-state index in [0.29, 0.717) is 12.1 Å². The van der Waals surface area contributed by atoms with Gasteiger partial charge in [-0.15, -0.1) is 0 Å². The Balaban J connectivity index is 1.80. The second-order valence-electron chi connectivity index (χ2n) is 3.73. The molecule has 1 aromatic heterocycles. The fraction of sp³-hybridized carbons (Fsp3) is 0.154. The molecular weight excluding hydrogens is 236 g/mol. The van der Waals surface area contributed by atoms with Gasteiger partial charge in [0.1, 0.15) is 0 Å². The van der Waals surface area contributed by atoms with Crippen LogP contribution in [0.5, 0.6) is 0 Å². The van der Waals surface area contributed by atoms with Crippen LogP contribution in [0.2, 0.25) is 5.02 Å². The van der Waals surface area contributed by atoms with Gasteiger partial charge in [-0.05, 0) is 30.2 Å². The van der Waals surface area contributed by atoms with E-state index >= 15 is 0 Å². The van der Waals surface area contributed by atoms with Crippen LogP contribution < -0.4 is 5.32 Å². The molecule has 88 valence electrons.